The molecule has 0 spiro atoms. The molecule has 2 saturated heterocycles. The quantitative estimate of drug-likeness (QED) is 0.755. The van der Waals surface area contributed by atoms with Crippen LogP contribution in [0.15, 0.2) is 0 Å². The van der Waals surface area contributed by atoms with Crippen molar-refractivity contribution in [2.45, 2.75) is 32.7 Å². The van der Waals surface area contributed by atoms with Gasteiger partial charge in [0.2, 0.25) is 11.8 Å². The molecular formula is C14H22N2O5. The van der Waals surface area contributed by atoms with Gasteiger partial charge in [0.05, 0.1) is 19.3 Å². The Labute approximate surface area is 123 Å². The minimum atomic E-state index is -1.07. The van der Waals surface area contributed by atoms with Crippen LogP contribution in [-0.4, -0.2) is 60.1 Å². The third kappa shape index (κ3) is 3.18. The molecule has 21 heavy (non-hydrogen) atoms. The van der Waals surface area contributed by atoms with Crippen molar-refractivity contribution >= 4 is 17.8 Å². The number of hydrogen-bond donors (Lipinski definition) is 2. The number of piperidine rings is 1. The minimum absolute atomic E-state index is 0.0245. The molecule has 2 rings (SSSR count). The lowest BCUT2D eigenvalue weighted by Crippen LogP contribution is -2.52. The first kappa shape index (κ1) is 15.8. The molecule has 7 nitrogen and oxygen atoms in total. The van der Waals surface area contributed by atoms with E-state index in [1.165, 1.54) is 6.92 Å². The zero-order valence-electron chi connectivity index (χ0n) is 12.4. The monoisotopic (exact) mass is 298 g/mol. The average molecular weight is 298 g/mol. The van der Waals surface area contributed by atoms with Gasteiger partial charge in [0.25, 0.3) is 0 Å². The summed E-state index contributed by atoms with van der Waals surface area (Å²) in [5.41, 5.74) is -1.07. The summed E-state index contributed by atoms with van der Waals surface area (Å²) in [7, 11) is 0. The number of amides is 2. The van der Waals surface area contributed by atoms with Gasteiger partial charge in [0, 0.05) is 25.9 Å². The van der Waals surface area contributed by atoms with Gasteiger partial charge in [0.15, 0.2) is 0 Å². The first-order valence-corrected chi connectivity index (χ1v) is 7.21. The smallest absolute Gasteiger partial charge is 0.313 e. The fourth-order valence-corrected chi connectivity index (χ4v) is 2.83. The number of aliphatic carboxylic acids is 1. The number of carboxylic acids is 1. The van der Waals surface area contributed by atoms with Crippen LogP contribution in [-0.2, 0) is 19.1 Å². The molecule has 0 aromatic heterocycles. The lowest BCUT2D eigenvalue weighted by molar-refractivity contribution is -0.149. The van der Waals surface area contributed by atoms with Gasteiger partial charge in [-0.05, 0) is 19.8 Å². The molecule has 2 amide bonds. The lowest BCUT2D eigenvalue weighted by Gasteiger charge is -2.32. The van der Waals surface area contributed by atoms with Crippen LogP contribution >= 0.6 is 0 Å². The van der Waals surface area contributed by atoms with E-state index in [2.05, 4.69) is 5.32 Å². The maximum atomic E-state index is 12.3. The normalized spacial score (nSPS) is 30.2. The molecule has 2 fully saturated rings. The summed E-state index contributed by atoms with van der Waals surface area (Å²) in [5, 5.41) is 12.1. The zero-order valence-corrected chi connectivity index (χ0v) is 12.4. The van der Waals surface area contributed by atoms with E-state index in [0.29, 0.717) is 25.9 Å². The fraction of sp³-hybridized carbons (Fsp3) is 0.786. The van der Waals surface area contributed by atoms with Crippen molar-refractivity contribution in [1.29, 1.82) is 0 Å². The van der Waals surface area contributed by atoms with E-state index in [0.717, 1.165) is 0 Å². The Hall–Kier alpha value is -1.63. The topological polar surface area (TPSA) is 95.9 Å². The molecule has 0 radical (unpaired) electrons. The Morgan fingerprint density at radius 2 is 1.90 bits per heavy atom. The highest BCUT2D eigenvalue weighted by Gasteiger charge is 2.47. The number of hydrogen-bond acceptors (Lipinski definition) is 4. The van der Waals surface area contributed by atoms with Crippen molar-refractivity contribution in [3.05, 3.63) is 0 Å². The van der Waals surface area contributed by atoms with Crippen molar-refractivity contribution in [1.82, 2.24) is 10.2 Å². The van der Waals surface area contributed by atoms with Crippen LogP contribution in [0.25, 0.3) is 0 Å². The van der Waals surface area contributed by atoms with E-state index in [1.807, 2.05) is 0 Å². The van der Waals surface area contributed by atoms with E-state index in [-0.39, 0.29) is 30.9 Å². The third-order valence-electron chi connectivity index (χ3n) is 4.57. The molecule has 0 aromatic rings. The van der Waals surface area contributed by atoms with Gasteiger partial charge in [-0.1, -0.05) is 0 Å². The van der Waals surface area contributed by atoms with Crippen LogP contribution in [0, 0.1) is 11.3 Å². The lowest BCUT2D eigenvalue weighted by atomic mass is 9.84. The Bertz CT molecular complexity index is 445. The number of rotatable bonds is 3. The summed E-state index contributed by atoms with van der Waals surface area (Å²) in [4.78, 5) is 36.6. The van der Waals surface area contributed by atoms with Gasteiger partial charge in [-0.15, -0.1) is 0 Å². The van der Waals surface area contributed by atoms with Gasteiger partial charge in [0.1, 0.15) is 5.41 Å². The van der Waals surface area contributed by atoms with Crippen LogP contribution < -0.4 is 5.32 Å². The summed E-state index contributed by atoms with van der Waals surface area (Å²) in [5.74, 6) is -1.24. The van der Waals surface area contributed by atoms with Crippen LogP contribution in [0.3, 0.4) is 0 Å². The second kappa shape index (κ2) is 6.01. The first-order chi connectivity index (χ1) is 9.84. The molecule has 0 aromatic carbocycles. The van der Waals surface area contributed by atoms with Crippen LogP contribution in [0.1, 0.15) is 26.7 Å². The summed E-state index contributed by atoms with van der Waals surface area (Å²) < 4.78 is 5.22. The van der Waals surface area contributed by atoms with Gasteiger partial charge in [-0.25, -0.2) is 0 Å². The van der Waals surface area contributed by atoms with E-state index in [1.54, 1.807) is 11.8 Å². The zero-order chi connectivity index (χ0) is 15.6. The number of carboxylic acid groups (broad SMARTS) is 1. The number of nitrogens with zero attached hydrogens (tertiary/aromatic N) is 1. The molecule has 2 aliphatic heterocycles. The third-order valence-corrected chi connectivity index (χ3v) is 4.57. The number of carbonyl (C=O) groups excluding carboxylic acids is 2. The van der Waals surface area contributed by atoms with E-state index >= 15 is 0 Å². The highest BCUT2D eigenvalue weighted by atomic mass is 16.5. The Balaban J connectivity index is 1.91. The SMILES string of the molecule is CC(=O)N1CCC(C(=O)NC2COCC2(C)C(=O)O)CC1. The van der Waals surface area contributed by atoms with Crippen LogP contribution in [0.2, 0.25) is 0 Å². The van der Waals surface area contributed by atoms with Crippen molar-refractivity contribution in [3.8, 4) is 0 Å². The number of carbonyl (C=O) groups is 3. The summed E-state index contributed by atoms with van der Waals surface area (Å²) >= 11 is 0. The molecule has 7 heteroatoms. The van der Waals surface area contributed by atoms with E-state index < -0.39 is 17.4 Å². The predicted molar refractivity (Wildman–Crippen MR) is 73.5 cm³/mol. The van der Waals surface area contributed by atoms with Gasteiger partial charge in [-0.3, -0.25) is 14.4 Å². The highest BCUT2D eigenvalue weighted by molar-refractivity contribution is 5.82. The highest BCUT2D eigenvalue weighted by Crippen LogP contribution is 2.29. The van der Waals surface area contributed by atoms with Gasteiger partial charge in [-0.2, -0.15) is 0 Å². The summed E-state index contributed by atoms with van der Waals surface area (Å²) in [6.07, 6.45) is 1.23. The largest absolute Gasteiger partial charge is 0.481 e. The standard InChI is InChI=1S/C14H22N2O5/c1-9(17)16-5-3-10(4-6-16)12(18)15-11-7-21-8-14(11,2)13(19)20/h10-11H,3-8H2,1-2H3,(H,15,18)(H,19,20). The summed E-state index contributed by atoms with van der Waals surface area (Å²) in [6, 6.07) is -0.506. The molecule has 2 heterocycles. The predicted octanol–water partition coefficient (Wildman–Crippen LogP) is -0.149. The van der Waals surface area contributed by atoms with Crippen molar-refractivity contribution in [2.24, 2.45) is 11.3 Å². The molecule has 118 valence electrons. The molecule has 2 N–H and O–H groups in total. The first-order valence-electron chi connectivity index (χ1n) is 7.21. The second-order valence-electron chi connectivity index (χ2n) is 6.08. The van der Waals surface area contributed by atoms with E-state index in [9.17, 15) is 19.5 Å². The number of likely N-dealkylation sites (tertiary alicyclic amines) is 1. The molecule has 2 unspecified atom stereocenters. The molecule has 2 atom stereocenters. The molecular weight excluding hydrogens is 276 g/mol. The van der Waals surface area contributed by atoms with Crippen LogP contribution in [0.5, 0.6) is 0 Å². The minimum Gasteiger partial charge on any atom is -0.481 e. The Morgan fingerprint density at radius 1 is 1.29 bits per heavy atom. The number of ether oxygens (including phenoxy) is 1. The fourth-order valence-electron chi connectivity index (χ4n) is 2.83. The maximum absolute atomic E-state index is 12.3. The molecule has 0 bridgehead atoms. The molecule has 2 aliphatic rings. The average Bonchev–Trinajstić information content (AvgIpc) is 2.81. The maximum Gasteiger partial charge on any atom is 0.313 e. The van der Waals surface area contributed by atoms with Crippen molar-refractivity contribution in [2.75, 3.05) is 26.3 Å². The second-order valence-corrected chi connectivity index (χ2v) is 6.08. The number of nitrogens with one attached hydrogen (secondary N) is 1. The molecule has 0 saturated carbocycles. The van der Waals surface area contributed by atoms with E-state index in [4.69, 9.17) is 4.74 Å². The summed E-state index contributed by atoms with van der Waals surface area (Å²) in [6.45, 7) is 4.59. The Morgan fingerprint density at radius 3 is 2.43 bits per heavy atom. The Kier molecular flexibility index (Phi) is 4.51. The molecule has 0 aliphatic carbocycles. The van der Waals surface area contributed by atoms with Gasteiger partial charge >= 0.3 is 5.97 Å². The van der Waals surface area contributed by atoms with Crippen LogP contribution in [0.4, 0.5) is 0 Å². The van der Waals surface area contributed by atoms with Crippen molar-refractivity contribution < 1.29 is 24.2 Å². The van der Waals surface area contributed by atoms with Gasteiger partial charge < -0.3 is 20.1 Å². The van der Waals surface area contributed by atoms with Crippen molar-refractivity contribution in [3.63, 3.8) is 0 Å².